The summed E-state index contributed by atoms with van der Waals surface area (Å²) in [4.78, 5) is 36.3. The Bertz CT molecular complexity index is 417. The van der Waals surface area contributed by atoms with Crippen LogP contribution in [-0.4, -0.2) is 47.9 Å². The second kappa shape index (κ2) is 6.56. The van der Waals surface area contributed by atoms with E-state index in [0.717, 1.165) is 25.7 Å². The molecule has 1 saturated carbocycles. The van der Waals surface area contributed by atoms with Gasteiger partial charge in [0.05, 0.1) is 7.11 Å². The van der Waals surface area contributed by atoms with E-state index in [2.05, 4.69) is 5.32 Å². The Balaban J connectivity index is 1.77. The number of hydrogen-bond acceptors (Lipinski definition) is 5. The van der Waals surface area contributed by atoms with Gasteiger partial charge in [0.25, 0.3) is 0 Å². The first-order valence-electron chi connectivity index (χ1n) is 7.65. The number of carbonyl (C=O) groups is 3. The number of nitrogens with one attached hydrogen (secondary N) is 1. The second-order valence-electron chi connectivity index (χ2n) is 6.14. The first-order valence-corrected chi connectivity index (χ1v) is 7.65. The van der Waals surface area contributed by atoms with E-state index in [0.29, 0.717) is 31.8 Å². The van der Waals surface area contributed by atoms with Crippen molar-refractivity contribution in [2.75, 3.05) is 13.7 Å². The standard InChI is InChI=1S/C15H24N2O4/c1-15(14(20)21-2,16-11-5-6-11)9-3-4-10-17-12(18)7-8-13(17)19/h11,16H,3-10H2,1-2H3. The molecule has 6 nitrogen and oxygen atoms in total. The number of methoxy groups -OCH3 is 1. The number of ether oxygens (including phenoxy) is 1. The van der Waals surface area contributed by atoms with Crippen LogP contribution in [0.3, 0.4) is 0 Å². The maximum absolute atomic E-state index is 11.9. The molecule has 0 aromatic carbocycles. The molecule has 1 heterocycles. The molecule has 0 aromatic heterocycles. The fourth-order valence-electron chi connectivity index (χ4n) is 2.76. The van der Waals surface area contributed by atoms with Gasteiger partial charge in [0.2, 0.25) is 11.8 Å². The lowest BCUT2D eigenvalue weighted by atomic mass is 9.94. The van der Waals surface area contributed by atoms with Gasteiger partial charge in [0, 0.05) is 25.4 Å². The van der Waals surface area contributed by atoms with Gasteiger partial charge in [0.15, 0.2) is 0 Å². The lowest BCUT2D eigenvalue weighted by molar-refractivity contribution is -0.148. The Morgan fingerprint density at radius 2 is 1.90 bits per heavy atom. The predicted octanol–water partition coefficient (Wildman–Crippen LogP) is 0.989. The lowest BCUT2D eigenvalue weighted by Gasteiger charge is -2.28. The zero-order valence-electron chi connectivity index (χ0n) is 12.8. The molecule has 0 bridgehead atoms. The van der Waals surface area contributed by atoms with Crippen molar-refractivity contribution in [3.8, 4) is 0 Å². The van der Waals surface area contributed by atoms with E-state index in [1.165, 1.54) is 12.0 Å². The summed E-state index contributed by atoms with van der Waals surface area (Å²) in [6.45, 7) is 2.32. The first-order chi connectivity index (χ1) is 9.96. The molecule has 21 heavy (non-hydrogen) atoms. The highest BCUT2D eigenvalue weighted by molar-refractivity contribution is 6.01. The highest BCUT2D eigenvalue weighted by atomic mass is 16.5. The van der Waals surface area contributed by atoms with Crippen LogP contribution in [0, 0.1) is 0 Å². The van der Waals surface area contributed by atoms with Gasteiger partial charge in [-0.3, -0.25) is 24.6 Å². The summed E-state index contributed by atoms with van der Waals surface area (Å²) in [5, 5.41) is 3.34. The van der Waals surface area contributed by atoms with Crippen LogP contribution < -0.4 is 5.32 Å². The maximum Gasteiger partial charge on any atom is 0.325 e. The molecule has 1 N–H and O–H groups in total. The van der Waals surface area contributed by atoms with Crippen molar-refractivity contribution in [3.05, 3.63) is 0 Å². The monoisotopic (exact) mass is 296 g/mol. The number of rotatable bonds is 8. The van der Waals surface area contributed by atoms with Crippen LogP contribution in [0.25, 0.3) is 0 Å². The van der Waals surface area contributed by atoms with Gasteiger partial charge in [-0.2, -0.15) is 0 Å². The van der Waals surface area contributed by atoms with Gasteiger partial charge in [-0.15, -0.1) is 0 Å². The Kier molecular flexibility index (Phi) is 4.98. The van der Waals surface area contributed by atoms with E-state index >= 15 is 0 Å². The van der Waals surface area contributed by atoms with E-state index < -0.39 is 5.54 Å². The van der Waals surface area contributed by atoms with Crippen molar-refractivity contribution >= 4 is 17.8 Å². The largest absolute Gasteiger partial charge is 0.468 e. The van der Waals surface area contributed by atoms with Crippen LogP contribution in [-0.2, 0) is 19.1 Å². The van der Waals surface area contributed by atoms with E-state index in [9.17, 15) is 14.4 Å². The lowest BCUT2D eigenvalue weighted by Crippen LogP contribution is -2.51. The van der Waals surface area contributed by atoms with Gasteiger partial charge < -0.3 is 4.74 Å². The molecule has 1 unspecified atom stereocenters. The van der Waals surface area contributed by atoms with Crippen molar-refractivity contribution in [2.45, 2.75) is 63.5 Å². The number of unbranched alkanes of at least 4 members (excludes halogenated alkanes) is 1. The molecule has 0 aromatic rings. The molecular weight excluding hydrogens is 272 g/mol. The Morgan fingerprint density at radius 3 is 2.43 bits per heavy atom. The average molecular weight is 296 g/mol. The van der Waals surface area contributed by atoms with Crippen LogP contribution in [0.4, 0.5) is 0 Å². The first kappa shape index (κ1) is 15.9. The molecule has 118 valence electrons. The second-order valence-corrected chi connectivity index (χ2v) is 6.14. The van der Waals surface area contributed by atoms with Crippen molar-refractivity contribution in [1.82, 2.24) is 10.2 Å². The minimum absolute atomic E-state index is 0.0770. The maximum atomic E-state index is 11.9. The Hall–Kier alpha value is -1.43. The Morgan fingerprint density at radius 1 is 1.29 bits per heavy atom. The van der Waals surface area contributed by atoms with Gasteiger partial charge >= 0.3 is 5.97 Å². The number of esters is 1. The molecule has 2 amide bonds. The minimum Gasteiger partial charge on any atom is -0.468 e. The summed E-state index contributed by atoms with van der Waals surface area (Å²) in [7, 11) is 1.40. The van der Waals surface area contributed by atoms with Crippen LogP contribution in [0.2, 0.25) is 0 Å². The molecular formula is C15H24N2O4. The number of nitrogens with zero attached hydrogens (tertiary/aromatic N) is 1. The fraction of sp³-hybridized carbons (Fsp3) is 0.800. The van der Waals surface area contributed by atoms with Crippen LogP contribution in [0.5, 0.6) is 0 Å². The molecule has 2 fully saturated rings. The highest BCUT2D eigenvalue weighted by Gasteiger charge is 2.39. The summed E-state index contributed by atoms with van der Waals surface area (Å²) in [6.07, 6.45) is 5.00. The average Bonchev–Trinajstić information content (AvgIpc) is 3.21. The molecule has 0 spiro atoms. The third-order valence-corrected chi connectivity index (χ3v) is 4.20. The van der Waals surface area contributed by atoms with E-state index in [1.807, 2.05) is 6.92 Å². The molecule has 1 aliphatic carbocycles. The molecule has 2 aliphatic rings. The van der Waals surface area contributed by atoms with Crippen molar-refractivity contribution in [1.29, 1.82) is 0 Å². The molecule has 1 atom stereocenters. The zero-order chi connectivity index (χ0) is 15.5. The highest BCUT2D eigenvalue weighted by Crippen LogP contribution is 2.26. The molecule has 2 rings (SSSR count). The third-order valence-electron chi connectivity index (χ3n) is 4.20. The van der Waals surface area contributed by atoms with Gasteiger partial charge in [0.1, 0.15) is 5.54 Å². The summed E-state index contributed by atoms with van der Waals surface area (Å²) < 4.78 is 4.89. The van der Waals surface area contributed by atoms with Crippen molar-refractivity contribution < 1.29 is 19.1 Å². The summed E-state index contributed by atoms with van der Waals surface area (Å²) in [5.41, 5.74) is -0.672. The fourth-order valence-corrected chi connectivity index (χ4v) is 2.76. The summed E-state index contributed by atoms with van der Waals surface area (Å²) in [6, 6.07) is 0.413. The number of hydrogen-bond donors (Lipinski definition) is 1. The van der Waals surface area contributed by atoms with Crippen LogP contribution in [0.15, 0.2) is 0 Å². The quantitative estimate of drug-likeness (QED) is 0.411. The topological polar surface area (TPSA) is 75.7 Å². The number of amides is 2. The van der Waals surface area contributed by atoms with Crippen LogP contribution >= 0.6 is 0 Å². The Labute approximate surface area is 125 Å². The number of carbonyl (C=O) groups excluding carboxylic acids is 3. The van der Waals surface area contributed by atoms with Gasteiger partial charge in [-0.1, -0.05) is 0 Å². The van der Waals surface area contributed by atoms with E-state index in [1.54, 1.807) is 0 Å². The molecule has 1 saturated heterocycles. The minimum atomic E-state index is -0.672. The number of imide groups is 1. The summed E-state index contributed by atoms with van der Waals surface area (Å²) in [5.74, 6) is -0.401. The summed E-state index contributed by atoms with van der Waals surface area (Å²) >= 11 is 0. The zero-order valence-corrected chi connectivity index (χ0v) is 12.8. The number of likely N-dealkylation sites (tertiary alicyclic amines) is 1. The van der Waals surface area contributed by atoms with Gasteiger partial charge in [-0.05, 0) is 39.0 Å². The van der Waals surface area contributed by atoms with Crippen molar-refractivity contribution in [2.24, 2.45) is 0 Å². The van der Waals surface area contributed by atoms with Crippen LogP contribution in [0.1, 0.15) is 51.9 Å². The van der Waals surface area contributed by atoms with E-state index in [4.69, 9.17) is 4.74 Å². The molecule has 6 heteroatoms. The predicted molar refractivity (Wildman–Crippen MR) is 76.4 cm³/mol. The normalized spacial score (nSPS) is 21.5. The van der Waals surface area contributed by atoms with Gasteiger partial charge in [-0.25, -0.2) is 0 Å². The van der Waals surface area contributed by atoms with Crippen molar-refractivity contribution in [3.63, 3.8) is 0 Å². The third kappa shape index (κ3) is 4.03. The smallest absolute Gasteiger partial charge is 0.325 e. The SMILES string of the molecule is COC(=O)C(C)(CCCCN1C(=O)CCC1=O)NC1CC1. The van der Waals surface area contributed by atoms with E-state index in [-0.39, 0.29) is 17.8 Å². The molecule has 1 aliphatic heterocycles. The molecule has 0 radical (unpaired) electrons.